The van der Waals surface area contributed by atoms with Crippen LogP contribution in [0.2, 0.25) is 5.02 Å². The first kappa shape index (κ1) is 15.0. The molecule has 20 heavy (non-hydrogen) atoms. The second kappa shape index (κ2) is 5.94. The van der Waals surface area contributed by atoms with Crippen LogP contribution in [0.25, 0.3) is 0 Å². The van der Waals surface area contributed by atoms with Crippen LogP contribution in [0.15, 0.2) is 18.2 Å². The van der Waals surface area contributed by atoms with E-state index in [2.05, 4.69) is 10.4 Å². The van der Waals surface area contributed by atoms with Crippen molar-refractivity contribution in [3.05, 3.63) is 51.6 Å². The van der Waals surface area contributed by atoms with Gasteiger partial charge in [-0.25, -0.2) is 4.39 Å². The van der Waals surface area contributed by atoms with Crippen molar-refractivity contribution in [1.29, 1.82) is 0 Å². The molecular formula is C15H19ClFN3. The number of aromatic nitrogens is 2. The Morgan fingerprint density at radius 1 is 1.40 bits per heavy atom. The monoisotopic (exact) mass is 295 g/mol. The number of aryl methyl sites for hydroxylation is 3. The van der Waals surface area contributed by atoms with Gasteiger partial charge in [0.15, 0.2) is 0 Å². The summed E-state index contributed by atoms with van der Waals surface area (Å²) in [4.78, 5) is 0. The third-order valence-electron chi connectivity index (χ3n) is 3.53. The summed E-state index contributed by atoms with van der Waals surface area (Å²) in [5, 5.41) is 8.30. The maximum Gasteiger partial charge on any atom is 0.126 e. The summed E-state index contributed by atoms with van der Waals surface area (Å²) in [5.74, 6) is -0.175. The van der Waals surface area contributed by atoms with Crippen LogP contribution in [-0.2, 0) is 13.6 Å². The molecule has 0 saturated carbocycles. The molecule has 1 atom stereocenters. The number of nitrogens with zero attached hydrogens (tertiary/aromatic N) is 2. The summed E-state index contributed by atoms with van der Waals surface area (Å²) >= 11 is 6.21. The summed E-state index contributed by atoms with van der Waals surface area (Å²) in [6.07, 6.45) is 0. The highest BCUT2D eigenvalue weighted by molar-refractivity contribution is 6.31. The van der Waals surface area contributed by atoms with Gasteiger partial charge >= 0.3 is 0 Å². The van der Waals surface area contributed by atoms with Gasteiger partial charge in [0.05, 0.1) is 16.4 Å². The first-order valence-electron chi connectivity index (χ1n) is 6.57. The van der Waals surface area contributed by atoms with E-state index in [1.165, 1.54) is 0 Å². The molecule has 3 nitrogen and oxygen atoms in total. The maximum absolute atomic E-state index is 13.6. The quantitative estimate of drug-likeness (QED) is 0.932. The maximum atomic E-state index is 13.6. The molecule has 0 aliphatic heterocycles. The van der Waals surface area contributed by atoms with Crippen molar-refractivity contribution in [2.75, 3.05) is 0 Å². The van der Waals surface area contributed by atoms with E-state index in [0.29, 0.717) is 17.1 Å². The number of rotatable bonds is 4. The standard InChI is InChI=1S/C15H19ClFN3/c1-9-5-6-12(7-13(9)17)10(2)18-8-14-15(16)11(3)19-20(14)4/h5-7,10,18H,8H2,1-4H3. The van der Waals surface area contributed by atoms with Crippen LogP contribution in [0.1, 0.15) is 35.5 Å². The molecule has 0 aliphatic carbocycles. The van der Waals surface area contributed by atoms with Crippen molar-refractivity contribution >= 4 is 11.6 Å². The molecule has 5 heteroatoms. The highest BCUT2D eigenvalue weighted by Crippen LogP contribution is 2.21. The van der Waals surface area contributed by atoms with Gasteiger partial charge in [-0.05, 0) is 38.0 Å². The molecule has 0 spiro atoms. The second-order valence-electron chi connectivity index (χ2n) is 5.08. The second-order valence-corrected chi connectivity index (χ2v) is 5.46. The van der Waals surface area contributed by atoms with Crippen LogP contribution in [-0.4, -0.2) is 9.78 Å². The highest BCUT2D eigenvalue weighted by Gasteiger charge is 2.13. The molecule has 2 rings (SSSR count). The number of halogens is 2. The lowest BCUT2D eigenvalue weighted by Crippen LogP contribution is -2.20. The third-order valence-corrected chi connectivity index (χ3v) is 4.02. The molecule has 1 aromatic carbocycles. The van der Waals surface area contributed by atoms with E-state index >= 15 is 0 Å². The molecule has 1 unspecified atom stereocenters. The summed E-state index contributed by atoms with van der Waals surface area (Å²) in [7, 11) is 1.87. The van der Waals surface area contributed by atoms with Gasteiger partial charge in [-0.3, -0.25) is 4.68 Å². The number of nitrogens with one attached hydrogen (secondary N) is 1. The third kappa shape index (κ3) is 3.02. The molecule has 1 N–H and O–H groups in total. The van der Waals surface area contributed by atoms with Gasteiger partial charge in [0.25, 0.3) is 0 Å². The molecule has 2 aromatic rings. The normalized spacial score (nSPS) is 12.7. The highest BCUT2D eigenvalue weighted by atomic mass is 35.5. The van der Waals surface area contributed by atoms with E-state index in [0.717, 1.165) is 17.0 Å². The smallest absolute Gasteiger partial charge is 0.126 e. The van der Waals surface area contributed by atoms with E-state index in [9.17, 15) is 4.39 Å². The Labute approximate surface area is 123 Å². The minimum Gasteiger partial charge on any atom is -0.305 e. The zero-order chi connectivity index (χ0) is 14.9. The zero-order valence-corrected chi connectivity index (χ0v) is 12.9. The molecule has 0 saturated heterocycles. The Hall–Kier alpha value is -1.39. The summed E-state index contributed by atoms with van der Waals surface area (Å²) in [6, 6.07) is 5.34. The molecule has 0 bridgehead atoms. The fourth-order valence-corrected chi connectivity index (χ4v) is 2.35. The SMILES string of the molecule is Cc1ccc(C(C)NCc2c(Cl)c(C)nn2C)cc1F. The Morgan fingerprint density at radius 2 is 2.10 bits per heavy atom. The molecule has 0 fully saturated rings. The number of hydrogen-bond donors (Lipinski definition) is 1. The molecular weight excluding hydrogens is 277 g/mol. The minimum absolute atomic E-state index is 0.0383. The lowest BCUT2D eigenvalue weighted by atomic mass is 10.1. The molecule has 108 valence electrons. The molecule has 0 aliphatic rings. The first-order chi connectivity index (χ1) is 9.40. The van der Waals surface area contributed by atoms with E-state index in [-0.39, 0.29) is 11.9 Å². The molecule has 1 aromatic heterocycles. The Bertz CT molecular complexity index is 622. The van der Waals surface area contributed by atoms with Gasteiger partial charge in [-0.2, -0.15) is 5.10 Å². The Kier molecular flexibility index (Phi) is 4.45. The van der Waals surface area contributed by atoms with Crippen molar-refractivity contribution in [2.24, 2.45) is 7.05 Å². The van der Waals surface area contributed by atoms with Crippen LogP contribution in [0.5, 0.6) is 0 Å². The average Bonchev–Trinajstić information content (AvgIpc) is 2.64. The first-order valence-corrected chi connectivity index (χ1v) is 6.95. The lowest BCUT2D eigenvalue weighted by molar-refractivity contribution is 0.542. The summed E-state index contributed by atoms with van der Waals surface area (Å²) in [6.45, 7) is 6.23. The van der Waals surface area contributed by atoms with Crippen LogP contribution < -0.4 is 5.32 Å². The average molecular weight is 296 g/mol. The van der Waals surface area contributed by atoms with Crippen molar-refractivity contribution in [3.8, 4) is 0 Å². The van der Waals surface area contributed by atoms with Crippen LogP contribution in [0.4, 0.5) is 4.39 Å². The lowest BCUT2D eigenvalue weighted by Gasteiger charge is -2.15. The Balaban J connectivity index is 2.08. The largest absolute Gasteiger partial charge is 0.305 e. The van der Waals surface area contributed by atoms with E-state index in [4.69, 9.17) is 11.6 Å². The van der Waals surface area contributed by atoms with Crippen molar-refractivity contribution in [2.45, 2.75) is 33.4 Å². The van der Waals surface area contributed by atoms with Crippen molar-refractivity contribution in [3.63, 3.8) is 0 Å². The predicted octanol–water partition coefficient (Wildman–Crippen LogP) is 3.68. The topological polar surface area (TPSA) is 29.9 Å². The summed E-state index contributed by atoms with van der Waals surface area (Å²) in [5.41, 5.74) is 3.33. The fraction of sp³-hybridized carbons (Fsp3) is 0.400. The fourth-order valence-electron chi connectivity index (χ4n) is 2.12. The molecule has 1 heterocycles. The predicted molar refractivity (Wildman–Crippen MR) is 79.3 cm³/mol. The van der Waals surface area contributed by atoms with Gasteiger partial charge < -0.3 is 5.32 Å². The van der Waals surface area contributed by atoms with E-state index in [1.54, 1.807) is 23.7 Å². The van der Waals surface area contributed by atoms with Crippen LogP contribution in [0, 0.1) is 19.7 Å². The number of hydrogen-bond acceptors (Lipinski definition) is 2. The number of benzene rings is 1. The van der Waals surface area contributed by atoms with Crippen molar-refractivity contribution in [1.82, 2.24) is 15.1 Å². The van der Waals surface area contributed by atoms with Gasteiger partial charge in [0.1, 0.15) is 5.82 Å². The van der Waals surface area contributed by atoms with Crippen LogP contribution >= 0.6 is 11.6 Å². The van der Waals surface area contributed by atoms with Gasteiger partial charge in [-0.15, -0.1) is 0 Å². The van der Waals surface area contributed by atoms with Crippen LogP contribution in [0.3, 0.4) is 0 Å². The van der Waals surface area contributed by atoms with Gasteiger partial charge in [0.2, 0.25) is 0 Å². The zero-order valence-electron chi connectivity index (χ0n) is 12.2. The Morgan fingerprint density at radius 3 is 2.65 bits per heavy atom. The summed E-state index contributed by atoms with van der Waals surface area (Å²) < 4.78 is 15.3. The van der Waals surface area contributed by atoms with E-state index in [1.807, 2.05) is 27.0 Å². The van der Waals surface area contributed by atoms with E-state index < -0.39 is 0 Å². The molecule has 0 amide bonds. The minimum atomic E-state index is -0.175. The van der Waals surface area contributed by atoms with Gasteiger partial charge in [-0.1, -0.05) is 23.7 Å². The van der Waals surface area contributed by atoms with Gasteiger partial charge in [0, 0.05) is 19.6 Å². The van der Waals surface area contributed by atoms with Crippen molar-refractivity contribution < 1.29 is 4.39 Å². The molecule has 0 radical (unpaired) electrons.